The fraction of sp³-hybridized carbons (Fsp3) is 0.800. The first-order chi connectivity index (χ1) is 6.74. The lowest BCUT2D eigenvalue weighted by Crippen LogP contribution is -2.42. The van der Waals surface area contributed by atoms with Gasteiger partial charge < -0.3 is 4.74 Å². The first-order valence-corrected chi connectivity index (χ1v) is 5.26. The molecule has 0 aromatic carbocycles. The van der Waals surface area contributed by atoms with Gasteiger partial charge in [-0.05, 0) is 19.3 Å². The third-order valence-electron chi connectivity index (χ3n) is 3.02. The highest BCUT2D eigenvalue weighted by molar-refractivity contribution is 5.93. The van der Waals surface area contributed by atoms with Crippen molar-refractivity contribution in [2.45, 2.75) is 51.2 Å². The average Bonchev–Trinajstić information content (AvgIpc) is 2.53. The number of nitrogens with zero attached hydrogens (tertiary/aromatic N) is 1. The van der Waals surface area contributed by atoms with Crippen LogP contribution in [-0.2, 0) is 9.53 Å². The van der Waals surface area contributed by atoms with Crippen LogP contribution in [0.1, 0.15) is 39.0 Å². The molecule has 78 valence electrons. The van der Waals surface area contributed by atoms with Gasteiger partial charge in [0.1, 0.15) is 6.10 Å². The van der Waals surface area contributed by atoms with Gasteiger partial charge in [-0.2, -0.15) is 0 Å². The molecule has 2 unspecified atom stereocenters. The van der Waals surface area contributed by atoms with Crippen molar-refractivity contribution in [3.63, 3.8) is 0 Å². The minimum atomic E-state index is -0.436. The molecule has 2 aliphatic rings. The maximum atomic E-state index is 11.5. The predicted octanol–water partition coefficient (Wildman–Crippen LogP) is 1.69. The van der Waals surface area contributed by atoms with Gasteiger partial charge in [0.2, 0.25) is 5.91 Å². The van der Waals surface area contributed by atoms with Gasteiger partial charge in [0.25, 0.3) is 0 Å². The molecule has 0 radical (unpaired) electrons. The van der Waals surface area contributed by atoms with Crippen LogP contribution in [0.2, 0.25) is 0 Å². The van der Waals surface area contributed by atoms with Crippen molar-refractivity contribution in [1.82, 2.24) is 4.90 Å². The smallest absolute Gasteiger partial charge is 0.417 e. The number of imide groups is 1. The van der Waals surface area contributed by atoms with Gasteiger partial charge in [-0.3, -0.25) is 4.79 Å². The Bertz CT molecular complexity index is 264. The van der Waals surface area contributed by atoms with E-state index in [-0.39, 0.29) is 18.1 Å². The van der Waals surface area contributed by atoms with Crippen molar-refractivity contribution in [2.75, 3.05) is 0 Å². The quantitative estimate of drug-likeness (QED) is 0.642. The molecule has 2 atom stereocenters. The highest BCUT2D eigenvalue weighted by atomic mass is 16.6. The molecule has 0 bridgehead atoms. The van der Waals surface area contributed by atoms with Crippen molar-refractivity contribution in [3.8, 4) is 0 Å². The Balaban J connectivity index is 2.15. The lowest BCUT2D eigenvalue weighted by molar-refractivity contribution is -0.129. The average molecular weight is 197 g/mol. The number of hydrogen-bond donors (Lipinski definition) is 0. The maximum absolute atomic E-state index is 11.5. The minimum absolute atomic E-state index is 0.0173. The zero-order chi connectivity index (χ0) is 10.1. The molecule has 0 N–H and O–H groups in total. The molecule has 1 saturated heterocycles. The van der Waals surface area contributed by atoms with E-state index < -0.39 is 6.09 Å². The summed E-state index contributed by atoms with van der Waals surface area (Å²) in [5, 5.41) is 0. The lowest BCUT2D eigenvalue weighted by Gasteiger charge is -2.26. The van der Waals surface area contributed by atoms with E-state index in [0.717, 1.165) is 25.7 Å². The summed E-state index contributed by atoms with van der Waals surface area (Å²) >= 11 is 0. The van der Waals surface area contributed by atoms with Gasteiger partial charge in [0.05, 0.1) is 6.04 Å². The maximum Gasteiger partial charge on any atom is 0.417 e. The summed E-state index contributed by atoms with van der Waals surface area (Å²) in [5.74, 6) is -0.107. The van der Waals surface area contributed by atoms with Gasteiger partial charge in [0, 0.05) is 6.42 Å². The fourth-order valence-electron chi connectivity index (χ4n) is 2.29. The Morgan fingerprint density at radius 3 is 2.93 bits per heavy atom. The SMILES string of the molecule is CCC(=O)N1C(=O)OC2CCCCC21. The standard InChI is InChI=1S/C10H15NO3/c1-2-9(12)11-7-5-3-4-6-8(7)14-10(11)13/h7-8H,2-6H2,1H3. The van der Waals surface area contributed by atoms with Gasteiger partial charge in [-0.1, -0.05) is 13.3 Å². The van der Waals surface area contributed by atoms with Crippen LogP contribution in [0.15, 0.2) is 0 Å². The van der Waals surface area contributed by atoms with Crippen LogP contribution in [0.3, 0.4) is 0 Å². The molecule has 0 aromatic heterocycles. The van der Waals surface area contributed by atoms with Gasteiger partial charge >= 0.3 is 6.09 Å². The van der Waals surface area contributed by atoms with E-state index in [4.69, 9.17) is 4.74 Å². The molecule has 2 rings (SSSR count). The summed E-state index contributed by atoms with van der Waals surface area (Å²) in [6.07, 6.45) is 3.90. The summed E-state index contributed by atoms with van der Waals surface area (Å²) in [4.78, 5) is 24.3. The molecule has 1 saturated carbocycles. The summed E-state index contributed by atoms with van der Waals surface area (Å²) in [6, 6.07) is 0.0173. The van der Waals surface area contributed by atoms with Crippen LogP contribution in [0.5, 0.6) is 0 Å². The van der Waals surface area contributed by atoms with Crippen LogP contribution in [0, 0.1) is 0 Å². The molecule has 4 nitrogen and oxygen atoms in total. The van der Waals surface area contributed by atoms with E-state index in [2.05, 4.69) is 0 Å². The molecule has 2 amide bonds. The Morgan fingerprint density at radius 2 is 2.21 bits per heavy atom. The van der Waals surface area contributed by atoms with Crippen LogP contribution in [0.25, 0.3) is 0 Å². The van der Waals surface area contributed by atoms with Gasteiger partial charge in [0.15, 0.2) is 0 Å². The summed E-state index contributed by atoms with van der Waals surface area (Å²) in [6.45, 7) is 1.77. The number of rotatable bonds is 1. The number of carbonyl (C=O) groups excluding carboxylic acids is 2. The Morgan fingerprint density at radius 1 is 1.50 bits per heavy atom. The molecule has 0 spiro atoms. The molecule has 1 aliphatic carbocycles. The normalized spacial score (nSPS) is 31.2. The topological polar surface area (TPSA) is 46.6 Å². The molecule has 0 aromatic rings. The van der Waals surface area contributed by atoms with Gasteiger partial charge in [-0.15, -0.1) is 0 Å². The van der Waals surface area contributed by atoms with Crippen LogP contribution in [0.4, 0.5) is 4.79 Å². The van der Waals surface area contributed by atoms with Crippen molar-refractivity contribution in [2.24, 2.45) is 0 Å². The molecule has 2 fully saturated rings. The number of amides is 2. The second kappa shape index (κ2) is 3.59. The minimum Gasteiger partial charge on any atom is -0.444 e. The van der Waals surface area contributed by atoms with Crippen molar-refractivity contribution in [3.05, 3.63) is 0 Å². The van der Waals surface area contributed by atoms with E-state index >= 15 is 0 Å². The Hall–Kier alpha value is -1.06. The predicted molar refractivity (Wildman–Crippen MR) is 49.7 cm³/mol. The molecular formula is C10H15NO3. The van der Waals surface area contributed by atoms with E-state index in [1.165, 1.54) is 4.90 Å². The number of hydrogen-bond acceptors (Lipinski definition) is 3. The Labute approximate surface area is 83.2 Å². The number of fused-ring (bicyclic) bond motifs is 1. The molecule has 1 aliphatic heterocycles. The van der Waals surface area contributed by atoms with E-state index in [1.807, 2.05) is 0 Å². The van der Waals surface area contributed by atoms with E-state index in [9.17, 15) is 9.59 Å². The summed E-state index contributed by atoms with van der Waals surface area (Å²) < 4.78 is 5.17. The monoisotopic (exact) mass is 197 g/mol. The lowest BCUT2D eigenvalue weighted by atomic mass is 9.92. The van der Waals surface area contributed by atoms with Crippen molar-refractivity contribution in [1.29, 1.82) is 0 Å². The highest BCUT2D eigenvalue weighted by Gasteiger charge is 2.45. The molecule has 14 heavy (non-hydrogen) atoms. The summed E-state index contributed by atoms with van der Waals surface area (Å²) in [7, 11) is 0. The van der Waals surface area contributed by atoms with Crippen LogP contribution >= 0.6 is 0 Å². The van der Waals surface area contributed by atoms with Crippen LogP contribution < -0.4 is 0 Å². The molecular weight excluding hydrogens is 182 g/mol. The number of ether oxygens (including phenoxy) is 1. The second-order valence-corrected chi connectivity index (χ2v) is 3.89. The third kappa shape index (κ3) is 1.38. The van der Waals surface area contributed by atoms with Gasteiger partial charge in [-0.25, -0.2) is 9.69 Å². The largest absolute Gasteiger partial charge is 0.444 e. The molecule has 4 heteroatoms. The first-order valence-electron chi connectivity index (χ1n) is 5.26. The van der Waals surface area contributed by atoms with Crippen molar-refractivity contribution < 1.29 is 14.3 Å². The van der Waals surface area contributed by atoms with E-state index in [1.54, 1.807) is 6.92 Å². The first kappa shape index (κ1) is 9.49. The van der Waals surface area contributed by atoms with Crippen LogP contribution in [-0.4, -0.2) is 29.0 Å². The van der Waals surface area contributed by atoms with E-state index in [0.29, 0.717) is 6.42 Å². The highest BCUT2D eigenvalue weighted by Crippen LogP contribution is 2.31. The zero-order valence-electron chi connectivity index (χ0n) is 8.36. The number of carbonyl (C=O) groups is 2. The van der Waals surface area contributed by atoms with Crippen molar-refractivity contribution >= 4 is 12.0 Å². The fourth-order valence-corrected chi connectivity index (χ4v) is 2.29. The zero-order valence-corrected chi connectivity index (χ0v) is 8.36. The third-order valence-corrected chi connectivity index (χ3v) is 3.02. The second-order valence-electron chi connectivity index (χ2n) is 3.89. The Kier molecular flexibility index (Phi) is 2.44. The molecule has 1 heterocycles. The summed E-state index contributed by atoms with van der Waals surface area (Å²) in [5.41, 5.74) is 0.